The van der Waals surface area contributed by atoms with Gasteiger partial charge in [-0.2, -0.15) is 0 Å². The van der Waals surface area contributed by atoms with Crippen molar-refractivity contribution in [2.75, 3.05) is 39.3 Å². The first-order valence-electron chi connectivity index (χ1n) is 17.2. The number of rotatable bonds is 19. The number of Topliss-reactive ketones (excluding diaryl/α,β-unsaturated/α-hetero) is 1. The molecule has 286 valence electrons. The summed E-state index contributed by atoms with van der Waals surface area (Å²) in [5, 5.41) is 12.7. The molecule has 53 heavy (non-hydrogen) atoms. The zero-order valence-corrected chi connectivity index (χ0v) is 30.6. The van der Waals surface area contributed by atoms with E-state index in [2.05, 4.69) is 18.5 Å². The average Bonchev–Trinajstić information content (AvgIpc) is 3.16. The summed E-state index contributed by atoms with van der Waals surface area (Å²) in [6.07, 6.45) is 1.30. The van der Waals surface area contributed by atoms with Crippen molar-refractivity contribution in [1.82, 2.24) is 4.90 Å². The van der Waals surface area contributed by atoms with Crippen molar-refractivity contribution in [2.24, 2.45) is 5.41 Å². The second-order valence-electron chi connectivity index (χ2n) is 13.0. The first-order valence-corrected chi connectivity index (χ1v) is 17.2. The van der Waals surface area contributed by atoms with Gasteiger partial charge in [0.1, 0.15) is 25.4 Å². The molecular formula is C39H48N2O12. The molecule has 0 radical (unpaired) electrons. The third kappa shape index (κ3) is 12.0. The monoisotopic (exact) mass is 736 g/mol. The molecule has 0 saturated carbocycles. The fourth-order valence-corrected chi connectivity index (χ4v) is 5.59. The maximum Gasteiger partial charge on any atom is 0.335 e. The lowest BCUT2D eigenvalue weighted by Crippen LogP contribution is -2.53. The van der Waals surface area contributed by atoms with Crippen molar-refractivity contribution >= 4 is 41.2 Å². The van der Waals surface area contributed by atoms with Crippen LogP contribution in [0.2, 0.25) is 0 Å². The molecule has 14 nitrogen and oxygen atoms in total. The van der Waals surface area contributed by atoms with Crippen LogP contribution in [0.3, 0.4) is 0 Å². The summed E-state index contributed by atoms with van der Waals surface area (Å²) in [5.41, 5.74) is 0.310. The predicted octanol–water partition coefficient (Wildman–Crippen LogP) is 4.05. The normalized spacial score (nSPS) is 15.2. The molecule has 3 rings (SSSR count). The summed E-state index contributed by atoms with van der Waals surface area (Å²) in [6, 6.07) is 10.9. The lowest BCUT2D eigenvalue weighted by molar-refractivity contribution is -0.165. The van der Waals surface area contributed by atoms with Crippen LogP contribution in [0.15, 0.2) is 67.8 Å². The maximum absolute atomic E-state index is 13.9. The second-order valence-corrected chi connectivity index (χ2v) is 13.0. The van der Waals surface area contributed by atoms with Gasteiger partial charge in [-0.15, -0.1) is 0 Å². The summed E-state index contributed by atoms with van der Waals surface area (Å²) >= 11 is 0. The van der Waals surface area contributed by atoms with Gasteiger partial charge < -0.3 is 39.0 Å². The van der Waals surface area contributed by atoms with Gasteiger partial charge in [-0.25, -0.2) is 14.4 Å². The highest BCUT2D eigenvalue weighted by molar-refractivity contribution is 6.38. The van der Waals surface area contributed by atoms with Gasteiger partial charge in [-0.3, -0.25) is 14.4 Å². The first-order chi connectivity index (χ1) is 25.2. The Labute approximate surface area is 309 Å². The van der Waals surface area contributed by atoms with E-state index in [9.17, 15) is 33.9 Å². The van der Waals surface area contributed by atoms with Gasteiger partial charge in [-0.1, -0.05) is 37.4 Å². The molecule has 2 aromatic rings. The highest BCUT2D eigenvalue weighted by atomic mass is 16.6. The molecule has 1 heterocycles. The number of carbonyl (C=O) groups excluding carboxylic acids is 6. The number of aliphatic hydroxyl groups is 1. The van der Waals surface area contributed by atoms with E-state index >= 15 is 0 Å². The van der Waals surface area contributed by atoms with Gasteiger partial charge in [0.05, 0.1) is 26.1 Å². The van der Waals surface area contributed by atoms with Crippen molar-refractivity contribution < 1.29 is 57.6 Å². The molecule has 1 saturated heterocycles. The van der Waals surface area contributed by atoms with Gasteiger partial charge in [0, 0.05) is 18.3 Å². The van der Waals surface area contributed by atoms with E-state index in [1.165, 1.54) is 39.0 Å². The van der Waals surface area contributed by atoms with E-state index in [1.54, 1.807) is 36.4 Å². The molecular weight excluding hydrogens is 688 g/mol. The number of esters is 3. The van der Waals surface area contributed by atoms with Gasteiger partial charge in [0.2, 0.25) is 11.7 Å². The van der Waals surface area contributed by atoms with Gasteiger partial charge >= 0.3 is 17.9 Å². The lowest BCUT2D eigenvalue weighted by atomic mass is 9.87. The van der Waals surface area contributed by atoms with Crippen molar-refractivity contribution in [3.8, 4) is 11.5 Å². The molecule has 3 atom stereocenters. The molecule has 2 unspecified atom stereocenters. The summed E-state index contributed by atoms with van der Waals surface area (Å²) in [7, 11) is 3.05. The number of anilines is 1. The SMILES string of the molecule is C=CCOC(=O)[C@@H](O)CC(=O)Nc1cccc(C(CCc2ccc(OC)c(OC)c2)OC(=O)C2CCCCN2C(=O)C(=O)C(C)(C)COC(=O)C=C)c1. The Balaban J connectivity index is 1.86. The number of likely N-dealkylation sites (tertiary alicyclic amines) is 1. The molecule has 2 amide bonds. The van der Waals surface area contributed by atoms with E-state index in [-0.39, 0.29) is 32.6 Å². The molecule has 1 aliphatic heterocycles. The largest absolute Gasteiger partial charge is 0.493 e. The number of hydrogen-bond acceptors (Lipinski definition) is 12. The minimum atomic E-state index is -1.69. The Morgan fingerprint density at radius 2 is 1.74 bits per heavy atom. The minimum Gasteiger partial charge on any atom is -0.493 e. The summed E-state index contributed by atoms with van der Waals surface area (Å²) < 4.78 is 26.7. The second kappa shape index (κ2) is 19.9. The highest BCUT2D eigenvalue weighted by Crippen LogP contribution is 2.32. The van der Waals surface area contributed by atoms with Crippen LogP contribution in [-0.2, 0) is 49.4 Å². The van der Waals surface area contributed by atoms with Crippen LogP contribution in [-0.4, -0.2) is 91.6 Å². The number of methoxy groups -OCH3 is 2. The van der Waals surface area contributed by atoms with E-state index < -0.39 is 65.6 Å². The number of carbonyl (C=O) groups is 6. The molecule has 2 aromatic carbocycles. The number of hydrogen-bond donors (Lipinski definition) is 2. The quantitative estimate of drug-likeness (QED) is 0.0695. The average molecular weight is 737 g/mol. The minimum absolute atomic E-state index is 0.114. The third-order valence-corrected chi connectivity index (χ3v) is 8.52. The molecule has 0 spiro atoms. The molecule has 0 aromatic heterocycles. The Kier molecular flexibility index (Phi) is 15.8. The maximum atomic E-state index is 13.9. The van der Waals surface area contributed by atoms with Crippen molar-refractivity contribution in [3.05, 3.63) is 78.9 Å². The van der Waals surface area contributed by atoms with Crippen LogP contribution < -0.4 is 14.8 Å². The molecule has 0 bridgehead atoms. The Bertz CT molecular complexity index is 1670. The first kappa shape index (κ1) is 41.9. The number of ketones is 1. The zero-order valence-electron chi connectivity index (χ0n) is 30.6. The number of nitrogens with one attached hydrogen (secondary N) is 1. The molecule has 14 heteroatoms. The van der Waals surface area contributed by atoms with Gasteiger partial charge in [-0.05, 0) is 81.3 Å². The van der Waals surface area contributed by atoms with E-state index in [0.29, 0.717) is 42.0 Å². The number of piperidine rings is 1. The number of amides is 2. The van der Waals surface area contributed by atoms with Crippen LogP contribution in [0.5, 0.6) is 11.5 Å². The molecule has 1 aliphatic rings. The van der Waals surface area contributed by atoms with Crippen LogP contribution in [0.4, 0.5) is 5.69 Å². The van der Waals surface area contributed by atoms with Crippen LogP contribution in [0.1, 0.15) is 63.2 Å². The fraction of sp³-hybridized carbons (Fsp3) is 0.436. The summed E-state index contributed by atoms with van der Waals surface area (Å²) in [4.78, 5) is 78.3. The van der Waals surface area contributed by atoms with Crippen molar-refractivity contribution in [2.45, 2.75) is 70.6 Å². The zero-order chi connectivity index (χ0) is 39.1. The fourth-order valence-electron chi connectivity index (χ4n) is 5.59. The van der Waals surface area contributed by atoms with Crippen LogP contribution >= 0.6 is 0 Å². The van der Waals surface area contributed by atoms with Crippen molar-refractivity contribution in [3.63, 3.8) is 0 Å². The van der Waals surface area contributed by atoms with Crippen LogP contribution in [0.25, 0.3) is 0 Å². The lowest BCUT2D eigenvalue weighted by Gasteiger charge is -2.36. The van der Waals surface area contributed by atoms with E-state index in [1.807, 2.05) is 6.07 Å². The molecule has 0 aliphatic carbocycles. The van der Waals surface area contributed by atoms with Gasteiger partial charge in [0.25, 0.3) is 5.91 Å². The molecule has 1 fully saturated rings. The number of benzene rings is 2. The number of aryl methyl sites for hydroxylation is 1. The Morgan fingerprint density at radius 1 is 1.00 bits per heavy atom. The smallest absolute Gasteiger partial charge is 0.335 e. The van der Waals surface area contributed by atoms with Crippen LogP contribution in [0, 0.1) is 5.41 Å². The summed E-state index contributed by atoms with van der Waals surface area (Å²) in [5.74, 6) is -3.71. The van der Waals surface area contributed by atoms with E-state index in [4.69, 9.17) is 23.7 Å². The topological polar surface area (TPSA) is 184 Å². The Morgan fingerprint density at radius 3 is 2.42 bits per heavy atom. The number of aliphatic hydroxyl groups excluding tert-OH is 1. The van der Waals surface area contributed by atoms with E-state index in [0.717, 1.165) is 11.6 Å². The third-order valence-electron chi connectivity index (χ3n) is 8.52. The Hall–Kier alpha value is -5.50. The number of ether oxygens (including phenoxy) is 5. The summed E-state index contributed by atoms with van der Waals surface area (Å²) in [6.45, 7) is 9.41. The molecule has 2 N–H and O–H groups in total. The van der Waals surface area contributed by atoms with Crippen molar-refractivity contribution in [1.29, 1.82) is 0 Å². The highest BCUT2D eigenvalue weighted by Gasteiger charge is 2.42. The van der Waals surface area contributed by atoms with Gasteiger partial charge in [0.15, 0.2) is 17.6 Å². The number of nitrogens with zero attached hydrogens (tertiary/aromatic N) is 1. The predicted molar refractivity (Wildman–Crippen MR) is 193 cm³/mol. The standard InChI is InChI=1S/C39H48N2O12/c1-7-20-51-38(48)29(42)23-33(43)40-27-13-11-12-26(22-27)30(17-15-25-16-18-31(49-5)32(21-25)50-6)53-37(47)28-14-9-10-19-41(28)36(46)35(45)39(3,4)24-52-34(44)8-2/h7-8,11-13,16,18,21-22,28-30,42H,1-2,9-10,14-15,17,19-20,23-24H2,3-6H3,(H,40,43)/t28?,29-,30?/m0/s1.